The smallest absolute Gasteiger partial charge is 0.142 e. The van der Waals surface area contributed by atoms with Crippen LogP contribution in [0.3, 0.4) is 0 Å². The van der Waals surface area contributed by atoms with E-state index >= 15 is 0 Å². The number of aromatic nitrogens is 5. The molecule has 0 aliphatic heterocycles. The summed E-state index contributed by atoms with van der Waals surface area (Å²) in [5.74, 6) is 0.781. The zero-order valence-corrected chi connectivity index (χ0v) is 13.8. The van der Waals surface area contributed by atoms with Crippen LogP contribution >= 0.6 is 0 Å². The molecule has 2 aromatic carbocycles. The highest BCUT2D eigenvalue weighted by atomic mass is 15.1. The second-order valence-electron chi connectivity index (χ2n) is 6.08. The Bertz CT molecular complexity index is 1140. The van der Waals surface area contributed by atoms with Gasteiger partial charge >= 0.3 is 0 Å². The molecule has 0 saturated heterocycles. The van der Waals surface area contributed by atoms with Crippen LogP contribution in [0, 0.1) is 0 Å². The third-order valence-electron chi connectivity index (χ3n) is 4.46. The Morgan fingerprint density at radius 3 is 2.31 bits per heavy atom. The van der Waals surface area contributed by atoms with E-state index < -0.39 is 0 Å². The zero-order chi connectivity index (χ0) is 17.3. The SMILES string of the molecule is c1ccc(-c2ccc(-c3[nH]ncc3-c3nc4ccncc4[nH]3)cc2)cc1. The minimum atomic E-state index is 0.781. The molecule has 0 radical (unpaired) electrons. The molecule has 124 valence electrons. The van der Waals surface area contributed by atoms with Crippen molar-refractivity contribution in [3.8, 4) is 33.8 Å². The maximum atomic E-state index is 4.65. The molecule has 0 fully saturated rings. The van der Waals surface area contributed by atoms with Crippen LogP contribution in [0.4, 0.5) is 0 Å². The van der Waals surface area contributed by atoms with Gasteiger partial charge in [-0.3, -0.25) is 10.1 Å². The van der Waals surface area contributed by atoms with Crippen LogP contribution in [-0.4, -0.2) is 25.1 Å². The first-order valence-electron chi connectivity index (χ1n) is 8.38. The first-order chi connectivity index (χ1) is 12.9. The number of pyridine rings is 1. The van der Waals surface area contributed by atoms with E-state index in [1.807, 2.05) is 24.3 Å². The molecule has 5 nitrogen and oxygen atoms in total. The lowest BCUT2D eigenvalue weighted by molar-refractivity contribution is 1.10. The molecule has 0 aliphatic rings. The summed E-state index contributed by atoms with van der Waals surface area (Å²) in [4.78, 5) is 12.1. The normalized spacial score (nSPS) is 11.1. The predicted octanol–water partition coefficient (Wildman–Crippen LogP) is 4.68. The van der Waals surface area contributed by atoms with Gasteiger partial charge in [0.05, 0.1) is 34.7 Å². The fourth-order valence-corrected chi connectivity index (χ4v) is 3.13. The highest BCUT2D eigenvalue weighted by Gasteiger charge is 2.13. The predicted molar refractivity (Wildman–Crippen MR) is 102 cm³/mol. The lowest BCUT2D eigenvalue weighted by Crippen LogP contribution is -1.85. The highest BCUT2D eigenvalue weighted by molar-refractivity contribution is 5.84. The van der Waals surface area contributed by atoms with Gasteiger partial charge in [0, 0.05) is 11.8 Å². The van der Waals surface area contributed by atoms with Gasteiger partial charge in [-0.25, -0.2) is 4.98 Å². The molecular formula is C21H15N5. The molecule has 5 heteroatoms. The van der Waals surface area contributed by atoms with Gasteiger partial charge < -0.3 is 4.98 Å². The summed E-state index contributed by atoms with van der Waals surface area (Å²) >= 11 is 0. The van der Waals surface area contributed by atoms with Gasteiger partial charge in [0.15, 0.2) is 0 Å². The first kappa shape index (κ1) is 14.6. The van der Waals surface area contributed by atoms with E-state index in [0.717, 1.165) is 33.7 Å². The number of H-pyrrole nitrogens is 2. The quantitative estimate of drug-likeness (QED) is 0.502. The molecule has 2 N–H and O–H groups in total. The molecule has 0 bridgehead atoms. The van der Waals surface area contributed by atoms with Crippen molar-refractivity contribution in [2.75, 3.05) is 0 Å². The lowest BCUT2D eigenvalue weighted by Gasteiger charge is -2.05. The Labute approximate surface area is 149 Å². The number of hydrogen-bond donors (Lipinski definition) is 2. The number of nitrogens with one attached hydrogen (secondary N) is 2. The average Bonchev–Trinajstić information content (AvgIpc) is 3.35. The number of benzene rings is 2. The topological polar surface area (TPSA) is 70.2 Å². The lowest BCUT2D eigenvalue weighted by atomic mass is 10.0. The maximum absolute atomic E-state index is 4.65. The van der Waals surface area contributed by atoms with E-state index in [0.29, 0.717) is 0 Å². The van der Waals surface area contributed by atoms with Gasteiger partial charge in [0.1, 0.15) is 5.82 Å². The van der Waals surface area contributed by atoms with E-state index in [2.05, 4.69) is 61.5 Å². The summed E-state index contributed by atoms with van der Waals surface area (Å²) < 4.78 is 0. The number of rotatable bonds is 3. The van der Waals surface area contributed by atoms with Crippen LogP contribution in [0.15, 0.2) is 79.3 Å². The molecule has 0 unspecified atom stereocenters. The zero-order valence-electron chi connectivity index (χ0n) is 13.8. The number of imidazole rings is 1. The van der Waals surface area contributed by atoms with Gasteiger partial charge in [0.2, 0.25) is 0 Å². The van der Waals surface area contributed by atoms with Gasteiger partial charge in [0.25, 0.3) is 0 Å². The van der Waals surface area contributed by atoms with Crippen LogP contribution in [0.2, 0.25) is 0 Å². The number of fused-ring (bicyclic) bond motifs is 1. The van der Waals surface area contributed by atoms with Crippen molar-refractivity contribution in [3.05, 3.63) is 79.3 Å². The Morgan fingerprint density at radius 1 is 0.731 bits per heavy atom. The molecule has 3 heterocycles. The minimum Gasteiger partial charge on any atom is -0.337 e. The highest BCUT2D eigenvalue weighted by Crippen LogP contribution is 2.31. The molecule has 5 rings (SSSR count). The van der Waals surface area contributed by atoms with Crippen LogP contribution in [0.5, 0.6) is 0 Å². The van der Waals surface area contributed by atoms with Crippen molar-refractivity contribution < 1.29 is 0 Å². The van der Waals surface area contributed by atoms with Crippen molar-refractivity contribution in [1.82, 2.24) is 25.1 Å². The van der Waals surface area contributed by atoms with E-state index in [4.69, 9.17) is 0 Å². The molecule has 26 heavy (non-hydrogen) atoms. The molecular weight excluding hydrogens is 322 g/mol. The van der Waals surface area contributed by atoms with E-state index in [-0.39, 0.29) is 0 Å². The number of nitrogens with zero attached hydrogens (tertiary/aromatic N) is 3. The molecule has 0 aliphatic carbocycles. The fraction of sp³-hybridized carbons (Fsp3) is 0. The summed E-state index contributed by atoms with van der Waals surface area (Å²) in [6.45, 7) is 0. The van der Waals surface area contributed by atoms with Crippen LogP contribution < -0.4 is 0 Å². The number of aromatic amines is 2. The molecule has 0 saturated carbocycles. The minimum absolute atomic E-state index is 0.781. The van der Waals surface area contributed by atoms with E-state index in [1.165, 1.54) is 11.1 Å². The largest absolute Gasteiger partial charge is 0.337 e. The summed E-state index contributed by atoms with van der Waals surface area (Å²) in [6, 6.07) is 20.7. The van der Waals surface area contributed by atoms with Gasteiger partial charge in [-0.05, 0) is 17.2 Å². The Hall–Kier alpha value is -3.73. The van der Waals surface area contributed by atoms with Gasteiger partial charge in [-0.15, -0.1) is 0 Å². The Balaban J connectivity index is 1.55. The monoisotopic (exact) mass is 337 g/mol. The third-order valence-corrected chi connectivity index (χ3v) is 4.46. The van der Waals surface area contributed by atoms with Crippen LogP contribution in [-0.2, 0) is 0 Å². The van der Waals surface area contributed by atoms with Crippen molar-refractivity contribution in [2.24, 2.45) is 0 Å². The van der Waals surface area contributed by atoms with Crippen molar-refractivity contribution in [3.63, 3.8) is 0 Å². The summed E-state index contributed by atoms with van der Waals surface area (Å²) in [6.07, 6.45) is 5.32. The number of hydrogen-bond acceptors (Lipinski definition) is 3. The average molecular weight is 337 g/mol. The van der Waals surface area contributed by atoms with Crippen molar-refractivity contribution in [2.45, 2.75) is 0 Å². The van der Waals surface area contributed by atoms with Crippen molar-refractivity contribution in [1.29, 1.82) is 0 Å². The summed E-state index contributed by atoms with van der Waals surface area (Å²) in [5.41, 5.74) is 7.13. The molecule has 0 atom stereocenters. The van der Waals surface area contributed by atoms with Crippen molar-refractivity contribution >= 4 is 11.0 Å². The third kappa shape index (κ3) is 2.46. The fourth-order valence-electron chi connectivity index (χ4n) is 3.13. The molecule has 0 spiro atoms. The van der Waals surface area contributed by atoms with Crippen LogP contribution in [0.25, 0.3) is 44.8 Å². The summed E-state index contributed by atoms with van der Waals surface area (Å²) in [5, 5.41) is 7.32. The van der Waals surface area contributed by atoms with Gasteiger partial charge in [-0.2, -0.15) is 5.10 Å². The molecule has 0 amide bonds. The maximum Gasteiger partial charge on any atom is 0.142 e. The Kier molecular flexibility index (Phi) is 3.35. The van der Waals surface area contributed by atoms with E-state index in [9.17, 15) is 0 Å². The van der Waals surface area contributed by atoms with Crippen LogP contribution in [0.1, 0.15) is 0 Å². The first-order valence-corrected chi connectivity index (χ1v) is 8.38. The standard InChI is InChI=1S/C21H15N5/c1-2-4-14(5-3-1)15-6-8-16(9-7-15)20-17(12-23-26-20)21-24-18-10-11-22-13-19(18)25-21/h1-13H,(H,23,26)(H,24,25). The summed E-state index contributed by atoms with van der Waals surface area (Å²) in [7, 11) is 0. The molecule has 3 aromatic heterocycles. The second-order valence-corrected chi connectivity index (χ2v) is 6.08. The molecule has 5 aromatic rings. The van der Waals surface area contributed by atoms with Gasteiger partial charge in [-0.1, -0.05) is 54.6 Å². The second kappa shape index (κ2) is 5.97. The van der Waals surface area contributed by atoms with E-state index in [1.54, 1.807) is 18.6 Å². The Morgan fingerprint density at radius 2 is 1.50 bits per heavy atom.